The highest BCUT2D eigenvalue weighted by Gasteiger charge is 2.12. The summed E-state index contributed by atoms with van der Waals surface area (Å²) in [6, 6.07) is 16.7. The lowest BCUT2D eigenvalue weighted by molar-refractivity contribution is 0.103. The molecule has 140 valence electrons. The molecule has 8 heteroatoms. The van der Waals surface area contributed by atoms with Gasteiger partial charge in [-0.05, 0) is 54.4 Å². The minimum Gasteiger partial charge on any atom is -0.321 e. The monoisotopic (exact) mass is 464 g/mol. The van der Waals surface area contributed by atoms with E-state index in [1.54, 1.807) is 31.2 Å². The van der Waals surface area contributed by atoms with Gasteiger partial charge in [0, 0.05) is 15.0 Å². The summed E-state index contributed by atoms with van der Waals surface area (Å²) in [5.41, 5.74) is 2.77. The summed E-state index contributed by atoms with van der Waals surface area (Å²) in [5.74, 6) is -0.238. The normalized spacial score (nSPS) is 11.2. The second kappa shape index (κ2) is 7.84. The number of carbonyl (C=O) groups excluding carboxylic acids is 1. The van der Waals surface area contributed by atoms with Gasteiger partial charge in [-0.3, -0.25) is 9.52 Å². The molecule has 0 fully saturated rings. The smallest absolute Gasteiger partial charge is 0.265 e. The van der Waals surface area contributed by atoms with Crippen LogP contribution in [0.5, 0.6) is 0 Å². The van der Waals surface area contributed by atoms with Gasteiger partial charge in [0.1, 0.15) is 0 Å². The van der Waals surface area contributed by atoms with Crippen LogP contribution < -0.4 is 10.0 Å². The minimum atomic E-state index is -3.39. The molecule has 0 radical (unpaired) electrons. The summed E-state index contributed by atoms with van der Waals surface area (Å²) in [6.07, 6.45) is 1.09. The molecule has 1 heterocycles. The predicted molar refractivity (Wildman–Crippen MR) is 115 cm³/mol. The lowest BCUT2D eigenvalue weighted by atomic mass is 10.2. The van der Waals surface area contributed by atoms with Crippen molar-refractivity contribution < 1.29 is 13.2 Å². The molecule has 0 spiro atoms. The summed E-state index contributed by atoms with van der Waals surface area (Å²) in [7, 11) is -3.39. The van der Waals surface area contributed by atoms with E-state index in [2.05, 4.69) is 26.0 Å². The molecule has 27 heavy (non-hydrogen) atoms. The minimum absolute atomic E-state index is 0.238. The SMILES string of the molecule is Cc1ccc(NC(=O)c2ccc(-c3ccc(Br)cc3)s2)cc1NS(C)(=O)=O. The Balaban J connectivity index is 1.78. The van der Waals surface area contributed by atoms with Crippen molar-refractivity contribution in [2.75, 3.05) is 16.3 Å². The van der Waals surface area contributed by atoms with Crippen molar-refractivity contribution in [3.63, 3.8) is 0 Å². The Hall–Kier alpha value is -2.16. The first-order chi connectivity index (χ1) is 12.7. The molecular formula is C19H17BrN2O3S2. The second-order valence-corrected chi connectivity index (χ2v) is 9.78. The maximum atomic E-state index is 12.5. The van der Waals surface area contributed by atoms with Crippen LogP contribution in [-0.2, 0) is 10.0 Å². The fourth-order valence-corrected chi connectivity index (χ4v) is 4.22. The van der Waals surface area contributed by atoms with Crippen LogP contribution in [0.25, 0.3) is 10.4 Å². The van der Waals surface area contributed by atoms with Gasteiger partial charge >= 0.3 is 0 Å². The van der Waals surface area contributed by atoms with Gasteiger partial charge in [-0.1, -0.05) is 34.1 Å². The van der Waals surface area contributed by atoms with Gasteiger partial charge in [-0.15, -0.1) is 11.3 Å². The van der Waals surface area contributed by atoms with Gasteiger partial charge in [0.05, 0.1) is 16.8 Å². The van der Waals surface area contributed by atoms with E-state index in [4.69, 9.17) is 0 Å². The number of amides is 1. The number of aryl methyl sites for hydroxylation is 1. The summed E-state index contributed by atoms with van der Waals surface area (Å²) in [5, 5.41) is 2.81. The van der Waals surface area contributed by atoms with Crippen LogP contribution in [0.15, 0.2) is 59.1 Å². The number of thiophene rings is 1. The number of anilines is 2. The third-order valence-corrected chi connectivity index (χ3v) is 6.00. The average Bonchev–Trinajstić information content (AvgIpc) is 3.07. The van der Waals surface area contributed by atoms with Crippen molar-refractivity contribution in [2.24, 2.45) is 0 Å². The molecule has 0 aliphatic heterocycles. The molecule has 0 aliphatic rings. The van der Waals surface area contributed by atoms with E-state index in [0.29, 0.717) is 16.3 Å². The number of carbonyl (C=O) groups is 1. The summed E-state index contributed by atoms with van der Waals surface area (Å²) >= 11 is 4.81. The zero-order valence-corrected chi connectivity index (χ0v) is 17.8. The maximum absolute atomic E-state index is 12.5. The zero-order valence-electron chi connectivity index (χ0n) is 14.6. The van der Waals surface area contributed by atoms with E-state index in [1.807, 2.05) is 30.3 Å². The van der Waals surface area contributed by atoms with Crippen molar-refractivity contribution in [3.05, 3.63) is 69.5 Å². The molecule has 3 rings (SSSR count). The summed E-state index contributed by atoms with van der Waals surface area (Å²) < 4.78 is 26.4. The highest BCUT2D eigenvalue weighted by atomic mass is 79.9. The molecule has 0 saturated heterocycles. The quantitative estimate of drug-likeness (QED) is 0.550. The first-order valence-electron chi connectivity index (χ1n) is 7.97. The Bertz CT molecular complexity index is 1090. The number of nitrogens with one attached hydrogen (secondary N) is 2. The maximum Gasteiger partial charge on any atom is 0.265 e. The van der Waals surface area contributed by atoms with Crippen LogP contribution in [-0.4, -0.2) is 20.6 Å². The van der Waals surface area contributed by atoms with Gasteiger partial charge in [-0.2, -0.15) is 0 Å². The van der Waals surface area contributed by atoms with Crippen LogP contribution in [0.1, 0.15) is 15.2 Å². The van der Waals surface area contributed by atoms with E-state index in [1.165, 1.54) is 11.3 Å². The fraction of sp³-hybridized carbons (Fsp3) is 0.105. The lowest BCUT2D eigenvalue weighted by Crippen LogP contribution is -2.13. The van der Waals surface area contributed by atoms with Gasteiger partial charge in [0.25, 0.3) is 5.91 Å². The van der Waals surface area contributed by atoms with Crippen LogP contribution >= 0.6 is 27.3 Å². The van der Waals surface area contributed by atoms with Crippen LogP contribution in [0.3, 0.4) is 0 Å². The average molecular weight is 465 g/mol. The molecule has 0 aliphatic carbocycles. The Morgan fingerprint density at radius 2 is 1.74 bits per heavy atom. The van der Waals surface area contributed by atoms with Crippen LogP contribution in [0, 0.1) is 6.92 Å². The molecule has 0 bridgehead atoms. The third-order valence-electron chi connectivity index (χ3n) is 3.75. The molecule has 5 nitrogen and oxygen atoms in total. The first-order valence-corrected chi connectivity index (χ1v) is 11.5. The van der Waals surface area contributed by atoms with Crippen molar-refractivity contribution in [1.29, 1.82) is 0 Å². The van der Waals surface area contributed by atoms with Crippen molar-refractivity contribution in [2.45, 2.75) is 6.92 Å². The molecule has 1 aromatic heterocycles. The van der Waals surface area contributed by atoms with Crippen LogP contribution in [0.2, 0.25) is 0 Å². The number of benzene rings is 2. The molecular weight excluding hydrogens is 448 g/mol. The Morgan fingerprint density at radius 3 is 2.41 bits per heavy atom. The van der Waals surface area contributed by atoms with E-state index in [-0.39, 0.29) is 5.91 Å². The number of sulfonamides is 1. The van der Waals surface area contributed by atoms with Crippen molar-refractivity contribution >= 4 is 54.6 Å². The van der Waals surface area contributed by atoms with Crippen molar-refractivity contribution in [3.8, 4) is 10.4 Å². The molecule has 2 aromatic carbocycles. The standard InChI is InChI=1S/C19H17BrN2O3S2/c1-12-3-8-15(11-16(12)22-27(2,24)25)21-19(23)18-10-9-17(26-18)13-4-6-14(20)7-5-13/h3-11,22H,1-2H3,(H,21,23). The van der Waals surface area contributed by atoms with Crippen LogP contribution in [0.4, 0.5) is 11.4 Å². The third kappa shape index (κ3) is 5.18. The molecule has 1 amide bonds. The van der Waals surface area contributed by atoms with Gasteiger partial charge in [0.15, 0.2) is 0 Å². The molecule has 0 unspecified atom stereocenters. The Morgan fingerprint density at radius 1 is 1.04 bits per heavy atom. The molecule has 0 atom stereocenters. The fourth-order valence-electron chi connectivity index (χ4n) is 2.43. The number of rotatable bonds is 5. The number of halogens is 1. The van der Waals surface area contributed by atoms with Gasteiger partial charge in [-0.25, -0.2) is 8.42 Å². The van der Waals surface area contributed by atoms with E-state index in [9.17, 15) is 13.2 Å². The van der Waals surface area contributed by atoms with Gasteiger partial charge < -0.3 is 5.32 Å². The zero-order chi connectivity index (χ0) is 19.6. The first kappa shape index (κ1) is 19.6. The topological polar surface area (TPSA) is 75.3 Å². The second-order valence-electron chi connectivity index (χ2n) is 6.03. The van der Waals surface area contributed by atoms with Crippen molar-refractivity contribution in [1.82, 2.24) is 0 Å². The van der Waals surface area contributed by atoms with E-state index >= 15 is 0 Å². The highest BCUT2D eigenvalue weighted by Crippen LogP contribution is 2.30. The predicted octanol–water partition coefficient (Wildman–Crippen LogP) is 5.11. The summed E-state index contributed by atoms with van der Waals surface area (Å²) in [6.45, 7) is 1.79. The molecule has 0 saturated carbocycles. The van der Waals surface area contributed by atoms with Gasteiger partial charge in [0.2, 0.25) is 10.0 Å². The Kier molecular flexibility index (Phi) is 5.69. The largest absolute Gasteiger partial charge is 0.321 e. The summed E-state index contributed by atoms with van der Waals surface area (Å²) in [4.78, 5) is 14.1. The Labute approximate surface area is 170 Å². The lowest BCUT2D eigenvalue weighted by Gasteiger charge is -2.10. The number of hydrogen-bond acceptors (Lipinski definition) is 4. The van der Waals surface area contributed by atoms with E-state index < -0.39 is 10.0 Å². The van der Waals surface area contributed by atoms with E-state index in [0.717, 1.165) is 26.7 Å². The number of hydrogen-bond donors (Lipinski definition) is 2. The molecule has 2 N–H and O–H groups in total. The highest BCUT2D eigenvalue weighted by molar-refractivity contribution is 9.10. The molecule has 3 aromatic rings.